The number of carbonyl (C=O) groups excluding carboxylic acids is 1. The lowest BCUT2D eigenvalue weighted by Crippen LogP contribution is -2.18. The number of Topliss-reactive ketones (excluding diaryl/α,β-unsaturated/α-hetero) is 1. The fourth-order valence-electron chi connectivity index (χ4n) is 1.68. The molecule has 0 aliphatic heterocycles. The third kappa shape index (κ3) is 3.30. The molecule has 0 heterocycles. The molecule has 0 aliphatic rings. The SMILES string of the molecule is CNCC(=O)c1cc(Br)c(OC)c(C(C)C)c1. The summed E-state index contributed by atoms with van der Waals surface area (Å²) in [6.45, 7) is 4.50. The van der Waals surface area contributed by atoms with Crippen LogP contribution in [0.25, 0.3) is 0 Å². The lowest BCUT2D eigenvalue weighted by molar-refractivity contribution is 0.0993. The van der Waals surface area contributed by atoms with Crippen LogP contribution in [0, 0.1) is 0 Å². The molecular weight excluding hydrogens is 282 g/mol. The molecule has 17 heavy (non-hydrogen) atoms. The Kier molecular flexibility index (Phi) is 5.15. The van der Waals surface area contributed by atoms with Crippen molar-refractivity contribution in [2.45, 2.75) is 19.8 Å². The second kappa shape index (κ2) is 6.17. The van der Waals surface area contributed by atoms with E-state index in [9.17, 15) is 4.79 Å². The Morgan fingerprint density at radius 2 is 2.12 bits per heavy atom. The summed E-state index contributed by atoms with van der Waals surface area (Å²) in [5.41, 5.74) is 1.75. The van der Waals surface area contributed by atoms with Crippen molar-refractivity contribution in [2.24, 2.45) is 0 Å². The summed E-state index contributed by atoms with van der Waals surface area (Å²) in [5.74, 6) is 1.20. The van der Waals surface area contributed by atoms with Crippen LogP contribution in [0.4, 0.5) is 0 Å². The second-order valence-electron chi connectivity index (χ2n) is 4.19. The molecular formula is C13H18BrNO2. The summed E-state index contributed by atoms with van der Waals surface area (Å²) in [6, 6.07) is 3.72. The number of rotatable bonds is 5. The first-order valence-electron chi connectivity index (χ1n) is 5.56. The molecule has 0 saturated heterocycles. The molecule has 0 saturated carbocycles. The Balaban J connectivity index is 3.24. The van der Waals surface area contributed by atoms with Crippen molar-refractivity contribution in [3.63, 3.8) is 0 Å². The van der Waals surface area contributed by atoms with Gasteiger partial charge in [-0.05, 0) is 46.6 Å². The smallest absolute Gasteiger partial charge is 0.176 e. The molecule has 0 spiro atoms. The number of hydrogen-bond acceptors (Lipinski definition) is 3. The highest BCUT2D eigenvalue weighted by Gasteiger charge is 2.15. The van der Waals surface area contributed by atoms with Gasteiger partial charge in [-0.2, -0.15) is 0 Å². The highest BCUT2D eigenvalue weighted by Crippen LogP contribution is 2.35. The first kappa shape index (κ1) is 14.2. The van der Waals surface area contributed by atoms with Crippen LogP contribution in [-0.4, -0.2) is 26.5 Å². The van der Waals surface area contributed by atoms with E-state index >= 15 is 0 Å². The van der Waals surface area contributed by atoms with Gasteiger partial charge in [-0.15, -0.1) is 0 Å². The minimum atomic E-state index is 0.0813. The van der Waals surface area contributed by atoms with Crippen molar-refractivity contribution >= 4 is 21.7 Å². The molecule has 1 rings (SSSR count). The van der Waals surface area contributed by atoms with Gasteiger partial charge in [0.05, 0.1) is 18.1 Å². The van der Waals surface area contributed by atoms with Gasteiger partial charge < -0.3 is 10.1 Å². The van der Waals surface area contributed by atoms with Gasteiger partial charge in [0.25, 0.3) is 0 Å². The molecule has 1 aromatic carbocycles. The van der Waals surface area contributed by atoms with Crippen molar-refractivity contribution in [3.8, 4) is 5.75 Å². The average molecular weight is 300 g/mol. The second-order valence-corrected chi connectivity index (χ2v) is 5.04. The number of methoxy groups -OCH3 is 1. The third-order valence-corrected chi connectivity index (χ3v) is 3.15. The molecule has 1 N–H and O–H groups in total. The van der Waals surface area contributed by atoms with Crippen LogP contribution >= 0.6 is 15.9 Å². The van der Waals surface area contributed by atoms with E-state index in [1.54, 1.807) is 14.2 Å². The Labute approximate surface area is 111 Å². The minimum Gasteiger partial charge on any atom is -0.495 e. The summed E-state index contributed by atoms with van der Waals surface area (Å²) in [5, 5.41) is 2.87. The number of halogens is 1. The summed E-state index contributed by atoms with van der Waals surface area (Å²) in [7, 11) is 3.40. The lowest BCUT2D eigenvalue weighted by Gasteiger charge is -2.15. The van der Waals surface area contributed by atoms with Crippen LogP contribution in [-0.2, 0) is 0 Å². The zero-order valence-electron chi connectivity index (χ0n) is 10.6. The molecule has 94 valence electrons. The number of ketones is 1. The first-order chi connectivity index (χ1) is 8.01. The van der Waals surface area contributed by atoms with Crippen molar-refractivity contribution in [3.05, 3.63) is 27.7 Å². The molecule has 1 aromatic rings. The molecule has 0 unspecified atom stereocenters. The average Bonchev–Trinajstić information content (AvgIpc) is 2.28. The Bertz CT molecular complexity index is 416. The van der Waals surface area contributed by atoms with E-state index in [0.717, 1.165) is 15.8 Å². The van der Waals surface area contributed by atoms with Crippen LogP contribution < -0.4 is 10.1 Å². The van der Waals surface area contributed by atoms with Gasteiger partial charge in [-0.1, -0.05) is 13.8 Å². The quantitative estimate of drug-likeness (QED) is 0.850. The predicted octanol–water partition coefficient (Wildman–Crippen LogP) is 2.98. The third-order valence-electron chi connectivity index (χ3n) is 2.56. The van der Waals surface area contributed by atoms with E-state index in [1.165, 1.54) is 0 Å². The molecule has 3 nitrogen and oxygen atoms in total. The fraction of sp³-hybridized carbons (Fsp3) is 0.462. The van der Waals surface area contributed by atoms with Crippen molar-refractivity contribution in [1.82, 2.24) is 5.32 Å². The highest BCUT2D eigenvalue weighted by atomic mass is 79.9. The van der Waals surface area contributed by atoms with Crippen molar-refractivity contribution in [1.29, 1.82) is 0 Å². The molecule has 0 aromatic heterocycles. The van der Waals surface area contributed by atoms with Gasteiger partial charge in [0.15, 0.2) is 5.78 Å². The van der Waals surface area contributed by atoms with Gasteiger partial charge in [-0.25, -0.2) is 0 Å². The molecule has 0 fully saturated rings. The van der Waals surface area contributed by atoms with Crippen molar-refractivity contribution in [2.75, 3.05) is 20.7 Å². The van der Waals surface area contributed by atoms with Gasteiger partial charge in [0.2, 0.25) is 0 Å². The Morgan fingerprint density at radius 1 is 1.47 bits per heavy atom. The molecule has 4 heteroatoms. The largest absolute Gasteiger partial charge is 0.495 e. The van der Waals surface area contributed by atoms with E-state index in [1.807, 2.05) is 12.1 Å². The number of likely N-dealkylation sites (N-methyl/N-ethyl adjacent to an activating group) is 1. The zero-order chi connectivity index (χ0) is 13.0. The minimum absolute atomic E-state index is 0.0813. The van der Waals surface area contributed by atoms with E-state index in [4.69, 9.17) is 4.74 Å². The van der Waals surface area contributed by atoms with Crippen LogP contribution in [0.15, 0.2) is 16.6 Å². The monoisotopic (exact) mass is 299 g/mol. The normalized spacial score (nSPS) is 10.7. The number of ether oxygens (including phenoxy) is 1. The lowest BCUT2D eigenvalue weighted by atomic mass is 9.98. The van der Waals surface area contributed by atoms with E-state index in [0.29, 0.717) is 18.0 Å². The maximum Gasteiger partial charge on any atom is 0.176 e. The van der Waals surface area contributed by atoms with Gasteiger partial charge >= 0.3 is 0 Å². The maximum absolute atomic E-state index is 11.8. The molecule has 0 amide bonds. The molecule has 0 aliphatic carbocycles. The summed E-state index contributed by atoms with van der Waals surface area (Å²) in [4.78, 5) is 11.8. The molecule has 0 atom stereocenters. The fourth-order valence-corrected chi connectivity index (χ4v) is 2.32. The standard InChI is InChI=1S/C13H18BrNO2/c1-8(2)10-5-9(12(16)7-15-3)6-11(14)13(10)17-4/h5-6,8,15H,7H2,1-4H3. The van der Waals surface area contributed by atoms with E-state index in [2.05, 4.69) is 35.1 Å². The zero-order valence-corrected chi connectivity index (χ0v) is 12.2. The van der Waals surface area contributed by atoms with Crippen LogP contribution in [0.1, 0.15) is 35.7 Å². The molecule has 0 bridgehead atoms. The van der Waals surface area contributed by atoms with E-state index < -0.39 is 0 Å². The van der Waals surface area contributed by atoms with Crippen molar-refractivity contribution < 1.29 is 9.53 Å². The number of hydrogen-bond donors (Lipinski definition) is 1. The van der Waals surface area contributed by atoms with Gasteiger partial charge in [-0.3, -0.25) is 4.79 Å². The number of carbonyl (C=O) groups is 1. The van der Waals surface area contributed by atoms with Crippen LogP contribution in [0.2, 0.25) is 0 Å². The topological polar surface area (TPSA) is 38.3 Å². The number of benzene rings is 1. The maximum atomic E-state index is 11.8. The number of nitrogens with one attached hydrogen (secondary N) is 1. The summed E-state index contributed by atoms with van der Waals surface area (Å²) in [6.07, 6.45) is 0. The van der Waals surface area contributed by atoms with E-state index in [-0.39, 0.29) is 5.78 Å². The predicted molar refractivity (Wildman–Crippen MR) is 73.0 cm³/mol. The van der Waals surface area contributed by atoms with Gasteiger partial charge in [0, 0.05) is 5.56 Å². The van der Waals surface area contributed by atoms with Crippen LogP contribution in [0.5, 0.6) is 5.75 Å². The van der Waals surface area contributed by atoms with Crippen LogP contribution in [0.3, 0.4) is 0 Å². The summed E-state index contributed by atoms with van der Waals surface area (Å²) >= 11 is 3.45. The van der Waals surface area contributed by atoms with Gasteiger partial charge in [0.1, 0.15) is 5.75 Å². The Hall–Kier alpha value is -0.870. The first-order valence-corrected chi connectivity index (χ1v) is 6.35. The Morgan fingerprint density at radius 3 is 2.59 bits per heavy atom. The summed E-state index contributed by atoms with van der Waals surface area (Å²) < 4.78 is 6.18. The molecule has 0 radical (unpaired) electrons. The highest BCUT2D eigenvalue weighted by molar-refractivity contribution is 9.10.